The molecule has 0 aliphatic carbocycles. The van der Waals surface area contributed by atoms with Gasteiger partial charge >= 0.3 is 5.97 Å². The van der Waals surface area contributed by atoms with Gasteiger partial charge in [0.05, 0.1) is 31.1 Å². The minimum Gasteiger partial charge on any atom is -0.493 e. The van der Waals surface area contributed by atoms with Crippen molar-refractivity contribution in [2.24, 2.45) is 0 Å². The van der Waals surface area contributed by atoms with E-state index in [1.54, 1.807) is 12.1 Å². The second-order valence-corrected chi connectivity index (χ2v) is 17.7. The van der Waals surface area contributed by atoms with Crippen LogP contribution in [0.15, 0.2) is 24.4 Å². The number of ether oxygens (including phenoxy) is 3. The molecule has 1 aromatic heterocycles. The van der Waals surface area contributed by atoms with Gasteiger partial charge in [-0.3, -0.25) is 14.3 Å². The second kappa shape index (κ2) is 40.8. The summed E-state index contributed by atoms with van der Waals surface area (Å²) in [5.41, 5.74) is 1.51. The SMILES string of the molecule is CCCCCCNC(=O)CCCCCOc1cc(OCCCCCC(=O)NCCCCCC)cc(C(=O)OCCCCCCCCCCn2cc(CCCCCCCCCO)nn2)c1. The maximum Gasteiger partial charge on any atom is 0.338 e. The summed E-state index contributed by atoms with van der Waals surface area (Å²) in [6, 6.07) is 5.29. The topological polar surface area (TPSA) is 154 Å². The molecule has 0 saturated carbocycles. The Hall–Kier alpha value is -3.67. The zero-order valence-corrected chi connectivity index (χ0v) is 40.6. The van der Waals surface area contributed by atoms with Crippen LogP contribution >= 0.6 is 0 Å². The van der Waals surface area contributed by atoms with E-state index >= 15 is 0 Å². The minimum atomic E-state index is -0.377. The first-order chi connectivity index (χ1) is 31.4. The van der Waals surface area contributed by atoms with Gasteiger partial charge in [-0.2, -0.15) is 0 Å². The molecule has 0 fully saturated rings. The number of hydrogen-bond acceptors (Lipinski definition) is 9. The highest BCUT2D eigenvalue weighted by atomic mass is 16.5. The van der Waals surface area contributed by atoms with Crippen molar-refractivity contribution in [1.29, 1.82) is 0 Å². The Balaban J connectivity index is 1.65. The third-order valence-electron chi connectivity index (χ3n) is 11.6. The minimum absolute atomic E-state index is 0.117. The van der Waals surface area contributed by atoms with Crippen molar-refractivity contribution in [3.05, 3.63) is 35.7 Å². The number of amides is 2. The van der Waals surface area contributed by atoms with Crippen molar-refractivity contribution in [1.82, 2.24) is 25.6 Å². The lowest BCUT2D eigenvalue weighted by atomic mass is 10.1. The number of benzene rings is 1. The van der Waals surface area contributed by atoms with Crippen molar-refractivity contribution in [2.45, 2.75) is 226 Å². The molecule has 3 N–H and O–H groups in total. The third kappa shape index (κ3) is 32.1. The highest BCUT2D eigenvalue weighted by Gasteiger charge is 2.13. The van der Waals surface area contributed by atoms with E-state index in [4.69, 9.17) is 19.3 Å². The van der Waals surface area contributed by atoms with Crippen LogP contribution in [0.4, 0.5) is 0 Å². The van der Waals surface area contributed by atoms with Gasteiger partial charge in [-0.05, 0) is 95.6 Å². The van der Waals surface area contributed by atoms with E-state index in [1.165, 1.54) is 77.0 Å². The highest BCUT2D eigenvalue weighted by Crippen LogP contribution is 2.25. The normalized spacial score (nSPS) is 11.2. The van der Waals surface area contributed by atoms with Crippen molar-refractivity contribution in [3.63, 3.8) is 0 Å². The average molecular weight is 898 g/mol. The fourth-order valence-electron chi connectivity index (χ4n) is 7.65. The summed E-state index contributed by atoms with van der Waals surface area (Å²) in [4.78, 5) is 37.5. The van der Waals surface area contributed by atoms with Gasteiger partial charge in [-0.15, -0.1) is 5.10 Å². The molecule has 0 saturated heterocycles. The quantitative estimate of drug-likeness (QED) is 0.0435. The summed E-state index contributed by atoms with van der Waals surface area (Å²) in [6.45, 7) is 8.46. The van der Waals surface area contributed by atoms with Crippen LogP contribution in [0.5, 0.6) is 11.5 Å². The lowest BCUT2D eigenvalue weighted by molar-refractivity contribution is -0.122. The van der Waals surface area contributed by atoms with Crippen molar-refractivity contribution < 1.29 is 33.7 Å². The Kier molecular flexibility index (Phi) is 36.0. The molecule has 0 unspecified atom stereocenters. The standard InChI is InChI=1S/C52H91N5O7/c1-3-5-7-25-35-53-50(59)33-23-20-30-39-62-48-42-46(43-49(44-48)63-40-31-21-24-34-51(60)54-36-26-8-6-4-2)52(61)64-41-29-19-15-10-9-13-17-27-37-57-45-47(55-56-57)32-22-16-12-11-14-18-28-38-58/h42-45,58H,3-41H2,1-2H3,(H,53,59)(H,54,60). The summed E-state index contributed by atoms with van der Waals surface area (Å²) in [5, 5.41) is 23.6. The fraction of sp³-hybridized carbons (Fsp3) is 0.788. The van der Waals surface area contributed by atoms with E-state index in [9.17, 15) is 14.4 Å². The van der Waals surface area contributed by atoms with Gasteiger partial charge < -0.3 is 30.0 Å². The second-order valence-electron chi connectivity index (χ2n) is 17.7. The number of nitrogens with one attached hydrogen (secondary N) is 2. The summed E-state index contributed by atoms with van der Waals surface area (Å²) in [5.74, 6) is 0.995. The van der Waals surface area contributed by atoms with Gasteiger partial charge in [-0.25, -0.2) is 4.79 Å². The molecule has 2 rings (SSSR count). The van der Waals surface area contributed by atoms with Crippen LogP contribution in [0.2, 0.25) is 0 Å². The van der Waals surface area contributed by atoms with Crippen LogP contribution in [0.3, 0.4) is 0 Å². The molecule has 366 valence electrons. The molecule has 12 heteroatoms. The number of carbonyl (C=O) groups excluding carboxylic acids is 3. The molecule has 1 aromatic carbocycles. The summed E-state index contributed by atoms with van der Waals surface area (Å²) >= 11 is 0. The molecule has 0 radical (unpaired) electrons. The maximum atomic E-state index is 13.2. The zero-order chi connectivity index (χ0) is 46.0. The van der Waals surface area contributed by atoms with Crippen molar-refractivity contribution >= 4 is 17.8 Å². The van der Waals surface area contributed by atoms with Crippen LogP contribution in [-0.2, 0) is 27.3 Å². The molecule has 0 bridgehead atoms. The Morgan fingerprint density at radius 2 is 1.02 bits per heavy atom. The molecule has 1 heterocycles. The third-order valence-corrected chi connectivity index (χ3v) is 11.6. The summed E-state index contributed by atoms with van der Waals surface area (Å²) < 4.78 is 19.9. The van der Waals surface area contributed by atoms with Gasteiger partial charge in [0.2, 0.25) is 11.8 Å². The van der Waals surface area contributed by atoms with Gasteiger partial charge in [0, 0.05) is 51.3 Å². The van der Waals surface area contributed by atoms with Gasteiger partial charge in [0.1, 0.15) is 11.5 Å². The van der Waals surface area contributed by atoms with Crippen LogP contribution < -0.4 is 20.1 Å². The Morgan fingerprint density at radius 3 is 1.56 bits per heavy atom. The first-order valence-electron chi connectivity index (χ1n) is 26.1. The molecule has 0 aliphatic rings. The monoisotopic (exact) mass is 898 g/mol. The van der Waals surface area contributed by atoms with Crippen LogP contribution in [0.25, 0.3) is 0 Å². The number of aryl methyl sites for hydroxylation is 2. The first kappa shape index (κ1) is 56.5. The van der Waals surface area contributed by atoms with Crippen molar-refractivity contribution in [3.8, 4) is 11.5 Å². The van der Waals surface area contributed by atoms with E-state index in [0.29, 0.717) is 56.3 Å². The summed E-state index contributed by atoms with van der Waals surface area (Å²) in [7, 11) is 0. The fourth-order valence-corrected chi connectivity index (χ4v) is 7.65. The lowest BCUT2D eigenvalue weighted by Crippen LogP contribution is -2.23. The maximum absolute atomic E-state index is 13.2. The molecular formula is C52H91N5O7. The number of hydrogen-bond donors (Lipinski definition) is 3. The summed E-state index contributed by atoms with van der Waals surface area (Å²) in [6.07, 6.45) is 35.4. The van der Waals surface area contributed by atoms with E-state index in [0.717, 1.165) is 141 Å². The van der Waals surface area contributed by atoms with E-state index in [2.05, 4.69) is 41.0 Å². The number of rotatable bonds is 45. The van der Waals surface area contributed by atoms with E-state index < -0.39 is 0 Å². The predicted octanol–water partition coefficient (Wildman–Crippen LogP) is 11.8. The predicted molar refractivity (Wildman–Crippen MR) is 259 cm³/mol. The van der Waals surface area contributed by atoms with E-state index in [1.807, 2.05) is 10.7 Å². The molecule has 2 aromatic rings. The first-order valence-corrected chi connectivity index (χ1v) is 26.1. The molecule has 0 atom stereocenters. The molecule has 0 aliphatic heterocycles. The molecule has 64 heavy (non-hydrogen) atoms. The van der Waals surface area contributed by atoms with E-state index in [-0.39, 0.29) is 17.8 Å². The number of aliphatic hydroxyl groups excluding tert-OH is 1. The zero-order valence-electron chi connectivity index (χ0n) is 40.6. The van der Waals surface area contributed by atoms with Gasteiger partial charge in [-0.1, -0.05) is 128 Å². The number of esters is 1. The number of carbonyl (C=O) groups is 3. The number of aliphatic hydroxyl groups is 1. The molecule has 2 amide bonds. The molecular weight excluding hydrogens is 807 g/mol. The largest absolute Gasteiger partial charge is 0.493 e. The Morgan fingerprint density at radius 1 is 0.547 bits per heavy atom. The number of unbranched alkanes of at least 4 members (excludes halogenated alkanes) is 23. The lowest BCUT2D eigenvalue weighted by Gasteiger charge is -2.13. The van der Waals surface area contributed by atoms with Gasteiger partial charge in [0.25, 0.3) is 0 Å². The number of aromatic nitrogens is 3. The van der Waals surface area contributed by atoms with Crippen LogP contribution in [-0.4, -0.2) is 77.4 Å². The van der Waals surface area contributed by atoms with Gasteiger partial charge in [0.15, 0.2) is 0 Å². The highest BCUT2D eigenvalue weighted by molar-refractivity contribution is 5.90. The Labute approximate surface area is 388 Å². The van der Waals surface area contributed by atoms with Crippen LogP contribution in [0, 0.1) is 0 Å². The average Bonchev–Trinajstić information content (AvgIpc) is 3.75. The van der Waals surface area contributed by atoms with Crippen molar-refractivity contribution in [2.75, 3.05) is 39.5 Å². The molecule has 0 spiro atoms. The van der Waals surface area contributed by atoms with Crippen LogP contribution in [0.1, 0.15) is 229 Å². The Bertz CT molecular complexity index is 1380. The number of nitrogens with zero attached hydrogens (tertiary/aromatic N) is 3. The molecule has 12 nitrogen and oxygen atoms in total. The smallest absolute Gasteiger partial charge is 0.338 e.